The van der Waals surface area contributed by atoms with E-state index in [0.29, 0.717) is 32.4 Å². The van der Waals surface area contributed by atoms with Crippen LogP contribution in [-0.2, 0) is 0 Å². The van der Waals surface area contributed by atoms with Crippen molar-refractivity contribution in [1.29, 1.82) is 0 Å². The van der Waals surface area contributed by atoms with E-state index < -0.39 is 12.1 Å². The van der Waals surface area contributed by atoms with Gasteiger partial charge in [-0.1, -0.05) is 59.6 Å². The highest BCUT2D eigenvalue weighted by atomic mass is 35.5. The van der Waals surface area contributed by atoms with Crippen LogP contribution in [0.25, 0.3) is 0 Å². The first-order valence-electron chi connectivity index (χ1n) is 8.55. The van der Waals surface area contributed by atoms with Gasteiger partial charge in [-0.25, -0.2) is 5.01 Å². The summed E-state index contributed by atoms with van der Waals surface area (Å²) in [6, 6.07) is 20.8. The van der Waals surface area contributed by atoms with E-state index in [1.54, 1.807) is 60.7 Å². The number of benzene rings is 3. The highest BCUT2D eigenvalue weighted by Gasteiger charge is 2.35. The van der Waals surface area contributed by atoms with Crippen LogP contribution in [0.3, 0.4) is 0 Å². The van der Waals surface area contributed by atoms with Gasteiger partial charge in [0.05, 0.1) is 5.56 Å². The van der Waals surface area contributed by atoms with Crippen LogP contribution >= 0.6 is 23.2 Å². The first-order chi connectivity index (χ1) is 13.5. The zero-order valence-corrected chi connectivity index (χ0v) is 16.0. The van der Waals surface area contributed by atoms with E-state index in [1.165, 1.54) is 5.01 Å². The fraction of sp³-hybridized carbons (Fsp3) is 0.0476. The van der Waals surface area contributed by atoms with E-state index >= 15 is 0 Å². The Bertz CT molecular complexity index is 1060. The fourth-order valence-electron chi connectivity index (χ4n) is 3.07. The van der Waals surface area contributed by atoms with E-state index in [1.807, 2.05) is 12.1 Å². The van der Waals surface area contributed by atoms with Gasteiger partial charge in [0.1, 0.15) is 6.17 Å². The number of carbonyl (C=O) groups excluding carboxylic acids is 2. The molecule has 0 aromatic heterocycles. The molecule has 140 valence electrons. The first-order valence-corrected chi connectivity index (χ1v) is 9.30. The number of rotatable bonds is 3. The van der Waals surface area contributed by atoms with E-state index in [2.05, 4.69) is 10.7 Å². The number of hydrogen-bond acceptors (Lipinski definition) is 3. The topological polar surface area (TPSA) is 61.4 Å². The van der Waals surface area contributed by atoms with Crippen molar-refractivity contribution in [2.45, 2.75) is 6.17 Å². The third-order valence-corrected chi connectivity index (χ3v) is 5.00. The Morgan fingerprint density at radius 2 is 1.68 bits per heavy atom. The Morgan fingerprint density at radius 1 is 0.964 bits per heavy atom. The Hall–Kier alpha value is -3.02. The average molecular weight is 412 g/mol. The van der Waals surface area contributed by atoms with Crippen molar-refractivity contribution in [3.8, 4) is 0 Å². The minimum atomic E-state index is -0.695. The number of carbonyl (C=O) groups is 2. The molecule has 1 unspecified atom stereocenters. The van der Waals surface area contributed by atoms with Gasteiger partial charge < -0.3 is 5.32 Å². The molecule has 0 bridgehead atoms. The molecule has 0 fully saturated rings. The molecule has 0 spiro atoms. The van der Waals surface area contributed by atoms with Crippen LogP contribution in [0, 0.1) is 0 Å². The van der Waals surface area contributed by atoms with Crippen molar-refractivity contribution < 1.29 is 9.59 Å². The largest absolute Gasteiger partial charge is 0.359 e. The summed E-state index contributed by atoms with van der Waals surface area (Å²) in [5.41, 5.74) is 4.88. The third kappa shape index (κ3) is 3.42. The maximum Gasteiger partial charge on any atom is 0.276 e. The van der Waals surface area contributed by atoms with Gasteiger partial charge >= 0.3 is 0 Å². The lowest BCUT2D eigenvalue weighted by atomic mass is 10.0. The molecule has 1 atom stereocenters. The minimum absolute atomic E-state index is 0.338. The highest BCUT2D eigenvalue weighted by Crippen LogP contribution is 2.35. The second-order valence-corrected chi connectivity index (χ2v) is 7.08. The van der Waals surface area contributed by atoms with Crippen LogP contribution in [-0.4, -0.2) is 16.8 Å². The van der Waals surface area contributed by atoms with Crippen molar-refractivity contribution in [3.05, 3.63) is 99.5 Å². The predicted molar refractivity (Wildman–Crippen MR) is 109 cm³/mol. The molecule has 2 N–H and O–H groups in total. The van der Waals surface area contributed by atoms with Crippen molar-refractivity contribution >= 4 is 40.7 Å². The molecule has 0 aliphatic carbocycles. The number of halogens is 2. The highest BCUT2D eigenvalue weighted by molar-refractivity contribution is 6.35. The molecular weight excluding hydrogens is 397 g/mol. The van der Waals surface area contributed by atoms with Crippen LogP contribution in [0.15, 0.2) is 72.8 Å². The third-order valence-electron chi connectivity index (χ3n) is 4.44. The number of nitrogens with zero attached hydrogens (tertiary/aromatic N) is 1. The zero-order valence-electron chi connectivity index (χ0n) is 14.5. The molecule has 2 amide bonds. The number of nitrogens with one attached hydrogen (secondary N) is 2. The molecule has 1 aliphatic heterocycles. The Kier molecular flexibility index (Phi) is 4.94. The lowest BCUT2D eigenvalue weighted by Gasteiger charge is -2.38. The maximum absolute atomic E-state index is 13.1. The Balaban J connectivity index is 1.75. The number of fused-ring (bicyclic) bond motifs is 1. The molecule has 3 aromatic carbocycles. The number of amides is 2. The van der Waals surface area contributed by atoms with Crippen molar-refractivity contribution in [2.24, 2.45) is 0 Å². The smallest absolute Gasteiger partial charge is 0.276 e. The summed E-state index contributed by atoms with van der Waals surface area (Å²) < 4.78 is 0. The summed E-state index contributed by atoms with van der Waals surface area (Å²) in [6.45, 7) is 0. The second-order valence-electron chi connectivity index (χ2n) is 6.24. The van der Waals surface area contributed by atoms with Crippen LogP contribution in [0.4, 0.5) is 5.69 Å². The molecule has 0 saturated heterocycles. The molecule has 3 aromatic rings. The predicted octanol–water partition coefficient (Wildman–Crippen LogP) is 4.90. The van der Waals surface area contributed by atoms with Gasteiger partial charge in [-0.15, -0.1) is 0 Å². The van der Waals surface area contributed by atoms with Gasteiger partial charge in [0, 0.05) is 26.9 Å². The molecule has 5 nitrogen and oxygen atoms in total. The maximum atomic E-state index is 13.1. The van der Waals surface area contributed by atoms with Crippen LogP contribution in [0.2, 0.25) is 10.0 Å². The monoisotopic (exact) mass is 411 g/mol. The average Bonchev–Trinajstić information content (AvgIpc) is 2.71. The van der Waals surface area contributed by atoms with E-state index in [-0.39, 0.29) is 5.91 Å². The molecule has 0 radical (unpaired) electrons. The molecular formula is C21H15Cl2N3O2. The van der Waals surface area contributed by atoms with Crippen LogP contribution in [0.1, 0.15) is 32.4 Å². The lowest BCUT2D eigenvalue weighted by Crippen LogP contribution is -2.52. The van der Waals surface area contributed by atoms with Gasteiger partial charge in [0.15, 0.2) is 0 Å². The standard InChI is InChI=1S/C21H15Cl2N3O2/c22-14-10-11-15(17(23)12-14)19-24-18-9-5-4-8-16(18)21(28)26(19)25-20(27)13-6-2-1-3-7-13/h1-12,19,24H,(H,25,27). The zero-order chi connectivity index (χ0) is 19.7. The normalized spacial score (nSPS) is 15.6. The SMILES string of the molecule is O=C(NN1C(=O)c2ccccc2NC1c1ccc(Cl)cc1Cl)c1ccccc1. The summed E-state index contributed by atoms with van der Waals surface area (Å²) in [6.07, 6.45) is -0.695. The van der Waals surface area contributed by atoms with Gasteiger partial charge in [0.25, 0.3) is 11.8 Å². The van der Waals surface area contributed by atoms with E-state index in [0.717, 1.165) is 0 Å². The van der Waals surface area contributed by atoms with Gasteiger partial charge in [-0.05, 0) is 36.4 Å². The number of anilines is 1. The van der Waals surface area contributed by atoms with Gasteiger partial charge in [-0.2, -0.15) is 0 Å². The summed E-state index contributed by atoms with van der Waals surface area (Å²) in [5, 5.41) is 5.40. The second kappa shape index (κ2) is 7.54. The van der Waals surface area contributed by atoms with Gasteiger partial charge in [-0.3, -0.25) is 15.0 Å². The number of hydrogen-bond donors (Lipinski definition) is 2. The fourth-order valence-corrected chi connectivity index (χ4v) is 3.59. The Labute approximate surface area is 171 Å². The molecule has 7 heteroatoms. The quantitative estimate of drug-likeness (QED) is 0.643. The summed E-state index contributed by atoms with van der Waals surface area (Å²) in [5.74, 6) is -0.736. The molecule has 1 heterocycles. The molecule has 4 rings (SSSR count). The van der Waals surface area contributed by atoms with Gasteiger partial charge in [0.2, 0.25) is 0 Å². The molecule has 0 saturated carbocycles. The number of hydrazine groups is 1. The lowest BCUT2D eigenvalue weighted by molar-refractivity contribution is 0.0491. The van der Waals surface area contributed by atoms with Crippen molar-refractivity contribution in [1.82, 2.24) is 10.4 Å². The van der Waals surface area contributed by atoms with Crippen LogP contribution < -0.4 is 10.7 Å². The van der Waals surface area contributed by atoms with E-state index in [9.17, 15) is 9.59 Å². The molecule has 28 heavy (non-hydrogen) atoms. The van der Waals surface area contributed by atoms with Crippen molar-refractivity contribution in [2.75, 3.05) is 5.32 Å². The minimum Gasteiger partial charge on any atom is -0.359 e. The van der Waals surface area contributed by atoms with E-state index in [4.69, 9.17) is 23.2 Å². The molecule has 1 aliphatic rings. The van der Waals surface area contributed by atoms with Crippen LogP contribution in [0.5, 0.6) is 0 Å². The summed E-state index contributed by atoms with van der Waals surface area (Å²) >= 11 is 12.4. The Morgan fingerprint density at radius 3 is 2.43 bits per heavy atom. The first kappa shape index (κ1) is 18.3. The summed E-state index contributed by atoms with van der Waals surface area (Å²) in [4.78, 5) is 25.8. The van der Waals surface area contributed by atoms with Crippen molar-refractivity contribution in [3.63, 3.8) is 0 Å². The number of para-hydroxylation sites is 1. The summed E-state index contributed by atoms with van der Waals surface area (Å²) in [7, 11) is 0.